The molecule has 438 valence electrons. The molecule has 0 radical (unpaired) electrons. The zero-order valence-electron chi connectivity index (χ0n) is 50.3. The highest BCUT2D eigenvalue weighted by molar-refractivity contribution is 5.71. The molecule has 0 fully saturated rings. The van der Waals surface area contributed by atoms with E-state index < -0.39 is 6.10 Å². The molecule has 0 aromatic carbocycles. The molecule has 0 aromatic rings. The molecule has 0 heterocycles. The fourth-order valence-corrected chi connectivity index (χ4v) is 9.91. The second-order valence-electron chi connectivity index (χ2n) is 22.4. The van der Waals surface area contributed by atoms with Gasteiger partial charge in [-0.15, -0.1) is 0 Å². The van der Waals surface area contributed by atoms with Crippen LogP contribution in [0.4, 0.5) is 0 Å². The van der Waals surface area contributed by atoms with E-state index in [0.717, 1.165) is 96.3 Å². The van der Waals surface area contributed by atoms with E-state index in [1.807, 2.05) is 0 Å². The summed E-state index contributed by atoms with van der Waals surface area (Å²) in [7, 11) is 0. The van der Waals surface area contributed by atoms with Gasteiger partial charge in [0.15, 0.2) is 6.10 Å². The quantitative estimate of drug-likeness (QED) is 0.0261. The van der Waals surface area contributed by atoms with Crippen LogP contribution in [0.3, 0.4) is 0 Å². The van der Waals surface area contributed by atoms with Crippen molar-refractivity contribution in [2.75, 3.05) is 13.2 Å². The number of carbonyl (C=O) groups excluding carboxylic acids is 3. The number of allylic oxidation sites excluding steroid dienone is 8. The molecule has 0 aliphatic carbocycles. The third-order valence-electron chi connectivity index (χ3n) is 14.8. The van der Waals surface area contributed by atoms with Crippen LogP contribution in [0, 0.1) is 0 Å². The molecular formula is C69H126O6. The summed E-state index contributed by atoms with van der Waals surface area (Å²) in [6, 6.07) is 0. The first-order valence-corrected chi connectivity index (χ1v) is 33.1. The van der Waals surface area contributed by atoms with Gasteiger partial charge in [0.1, 0.15) is 13.2 Å². The maximum atomic E-state index is 12.8. The third-order valence-corrected chi connectivity index (χ3v) is 14.8. The van der Waals surface area contributed by atoms with Crippen molar-refractivity contribution in [1.82, 2.24) is 0 Å². The Kier molecular flexibility index (Phi) is 61.7. The predicted octanol–water partition coefficient (Wildman–Crippen LogP) is 22.6. The fraction of sp³-hybridized carbons (Fsp3) is 0.841. The average Bonchev–Trinajstić information content (AvgIpc) is 3.41. The molecule has 0 saturated heterocycles. The van der Waals surface area contributed by atoms with Crippen LogP contribution >= 0.6 is 0 Å². The van der Waals surface area contributed by atoms with Crippen molar-refractivity contribution in [3.8, 4) is 0 Å². The molecule has 0 N–H and O–H groups in total. The molecule has 6 heteroatoms. The van der Waals surface area contributed by atoms with Gasteiger partial charge in [0, 0.05) is 19.3 Å². The Bertz CT molecular complexity index is 1300. The van der Waals surface area contributed by atoms with E-state index in [2.05, 4.69) is 69.4 Å². The number of hydrogen-bond acceptors (Lipinski definition) is 6. The predicted molar refractivity (Wildman–Crippen MR) is 325 cm³/mol. The van der Waals surface area contributed by atoms with Crippen molar-refractivity contribution >= 4 is 17.9 Å². The third kappa shape index (κ3) is 62.1. The monoisotopic (exact) mass is 1050 g/mol. The van der Waals surface area contributed by atoms with Gasteiger partial charge < -0.3 is 14.2 Å². The summed E-state index contributed by atoms with van der Waals surface area (Å²) in [4.78, 5) is 38.1. The van der Waals surface area contributed by atoms with E-state index in [1.54, 1.807) is 0 Å². The summed E-state index contributed by atoms with van der Waals surface area (Å²) in [5.41, 5.74) is 0. The van der Waals surface area contributed by atoms with Crippen molar-refractivity contribution in [1.29, 1.82) is 0 Å². The van der Waals surface area contributed by atoms with Crippen molar-refractivity contribution in [2.45, 2.75) is 361 Å². The van der Waals surface area contributed by atoms with E-state index in [1.165, 1.54) is 218 Å². The highest BCUT2D eigenvalue weighted by atomic mass is 16.6. The van der Waals surface area contributed by atoms with Gasteiger partial charge in [-0.3, -0.25) is 14.4 Å². The van der Waals surface area contributed by atoms with Crippen molar-refractivity contribution in [3.63, 3.8) is 0 Å². The highest BCUT2D eigenvalue weighted by Gasteiger charge is 2.19. The summed E-state index contributed by atoms with van der Waals surface area (Å²) in [5.74, 6) is -0.878. The maximum absolute atomic E-state index is 12.8. The first-order chi connectivity index (χ1) is 37.0. The average molecular weight is 1050 g/mol. The number of rotatable bonds is 61. The number of hydrogen-bond donors (Lipinski definition) is 0. The number of unbranched alkanes of at least 4 members (excludes halogenated alkanes) is 42. The fourth-order valence-electron chi connectivity index (χ4n) is 9.91. The Balaban J connectivity index is 4.01. The van der Waals surface area contributed by atoms with Crippen LogP contribution in [0.2, 0.25) is 0 Å². The molecular weight excluding hydrogens is 925 g/mol. The lowest BCUT2D eigenvalue weighted by Gasteiger charge is -2.18. The molecule has 0 amide bonds. The zero-order valence-corrected chi connectivity index (χ0v) is 50.3. The molecule has 6 nitrogen and oxygen atoms in total. The van der Waals surface area contributed by atoms with Gasteiger partial charge >= 0.3 is 17.9 Å². The van der Waals surface area contributed by atoms with Gasteiger partial charge in [0.2, 0.25) is 0 Å². The lowest BCUT2D eigenvalue weighted by molar-refractivity contribution is -0.167. The number of esters is 3. The van der Waals surface area contributed by atoms with E-state index in [0.29, 0.717) is 19.3 Å². The summed E-state index contributed by atoms with van der Waals surface area (Å²) >= 11 is 0. The van der Waals surface area contributed by atoms with Crippen molar-refractivity contribution < 1.29 is 28.6 Å². The van der Waals surface area contributed by atoms with Gasteiger partial charge in [-0.2, -0.15) is 0 Å². The van der Waals surface area contributed by atoms with E-state index in [4.69, 9.17) is 14.2 Å². The lowest BCUT2D eigenvalue weighted by atomic mass is 10.0. The van der Waals surface area contributed by atoms with Crippen LogP contribution in [-0.2, 0) is 28.6 Å². The molecule has 1 atom stereocenters. The Morgan fingerprint density at radius 3 is 0.813 bits per heavy atom. The van der Waals surface area contributed by atoms with E-state index >= 15 is 0 Å². The van der Waals surface area contributed by atoms with Crippen LogP contribution in [0.25, 0.3) is 0 Å². The van der Waals surface area contributed by atoms with E-state index in [-0.39, 0.29) is 31.1 Å². The molecule has 0 rings (SSSR count). The largest absolute Gasteiger partial charge is 0.462 e. The Hall–Kier alpha value is -2.63. The van der Waals surface area contributed by atoms with Gasteiger partial charge in [-0.25, -0.2) is 0 Å². The Labute approximate surface area is 467 Å². The topological polar surface area (TPSA) is 78.9 Å². The van der Waals surface area contributed by atoms with Gasteiger partial charge in [0.05, 0.1) is 0 Å². The van der Waals surface area contributed by atoms with Crippen LogP contribution in [0.15, 0.2) is 48.6 Å². The summed E-state index contributed by atoms with van der Waals surface area (Å²) < 4.78 is 16.8. The molecule has 0 spiro atoms. The lowest BCUT2D eigenvalue weighted by Crippen LogP contribution is -2.30. The van der Waals surface area contributed by atoms with Gasteiger partial charge in [-0.1, -0.05) is 326 Å². The van der Waals surface area contributed by atoms with Crippen LogP contribution in [0.1, 0.15) is 355 Å². The molecule has 1 unspecified atom stereocenters. The molecule has 0 aliphatic rings. The van der Waals surface area contributed by atoms with Crippen molar-refractivity contribution in [2.24, 2.45) is 0 Å². The molecule has 0 aliphatic heterocycles. The molecule has 75 heavy (non-hydrogen) atoms. The van der Waals surface area contributed by atoms with Crippen LogP contribution in [0.5, 0.6) is 0 Å². The van der Waals surface area contributed by atoms with Crippen LogP contribution < -0.4 is 0 Å². The maximum Gasteiger partial charge on any atom is 0.306 e. The zero-order chi connectivity index (χ0) is 54.3. The normalized spacial score (nSPS) is 12.3. The van der Waals surface area contributed by atoms with Gasteiger partial charge in [-0.05, 0) is 57.8 Å². The summed E-state index contributed by atoms with van der Waals surface area (Å²) in [5, 5.41) is 0. The summed E-state index contributed by atoms with van der Waals surface area (Å²) in [6.07, 6.45) is 80.3. The highest BCUT2D eigenvalue weighted by Crippen LogP contribution is 2.18. The minimum absolute atomic E-state index is 0.0752. The smallest absolute Gasteiger partial charge is 0.306 e. The second-order valence-corrected chi connectivity index (χ2v) is 22.4. The Morgan fingerprint density at radius 2 is 0.520 bits per heavy atom. The molecule has 0 bridgehead atoms. The minimum atomic E-state index is -0.777. The van der Waals surface area contributed by atoms with Gasteiger partial charge in [0.25, 0.3) is 0 Å². The first kappa shape index (κ1) is 72.4. The van der Waals surface area contributed by atoms with Crippen molar-refractivity contribution in [3.05, 3.63) is 48.6 Å². The van der Waals surface area contributed by atoms with Crippen LogP contribution in [-0.4, -0.2) is 37.2 Å². The molecule has 0 aromatic heterocycles. The standard InChI is InChI=1S/C69H126O6/c1-4-7-10-13-16-18-20-22-24-26-28-29-30-31-32-33-34-35-36-37-38-39-41-42-44-46-48-50-53-56-59-62-68(71)74-65-66(64-73-67(70)61-58-55-52-15-12-9-6-3)75-69(72)63-60-57-54-51-49-47-45-43-40-27-25-23-21-19-17-14-11-8-5-2/h8,11,17,19,23,25,40,43,66H,4-7,9-10,12-16,18,20-22,24,26-39,41-42,44-65H2,1-3H3/b11-8-,19-17-,25-23-,43-40-. The summed E-state index contributed by atoms with van der Waals surface area (Å²) in [6.45, 7) is 6.52. The number of carbonyl (C=O) groups is 3. The number of ether oxygens (including phenoxy) is 3. The second kappa shape index (κ2) is 63.9. The van der Waals surface area contributed by atoms with E-state index in [9.17, 15) is 14.4 Å². The molecule has 0 saturated carbocycles. The Morgan fingerprint density at radius 1 is 0.280 bits per heavy atom. The SMILES string of the molecule is CC/C=C\C/C=C\C/C=C\C/C=C\CCCCCCCCC(=O)OC(COC(=O)CCCCCCCCC)COC(=O)CCCCCCCCCCCCCCCCCCCCCCCCCCCCCCCCC. The minimum Gasteiger partial charge on any atom is -0.462 e. The first-order valence-electron chi connectivity index (χ1n) is 33.1.